The molecule has 0 saturated heterocycles. The molecule has 0 aliphatic rings. The minimum absolute atomic E-state index is 0.419. The van der Waals surface area contributed by atoms with E-state index in [0.717, 1.165) is 11.1 Å². The Hall–Kier alpha value is -2.21. The van der Waals surface area contributed by atoms with Crippen LogP contribution in [0.2, 0.25) is 0 Å². The third-order valence-electron chi connectivity index (χ3n) is 3.67. The van der Waals surface area contributed by atoms with Gasteiger partial charge in [-0.2, -0.15) is 0 Å². The maximum Gasteiger partial charge on any atom is 0.119 e. The van der Waals surface area contributed by atoms with E-state index >= 15 is 0 Å². The summed E-state index contributed by atoms with van der Waals surface area (Å²) in [7, 11) is 1.44. The molecule has 0 aromatic heterocycles. The first kappa shape index (κ1) is 19.1. The average molecular weight is 343 g/mol. The maximum atomic E-state index is 10.2. The normalized spacial score (nSPS) is 13.7. The van der Waals surface area contributed by atoms with Crippen molar-refractivity contribution in [2.75, 3.05) is 13.7 Å². The molecule has 2 atom stereocenters. The number of nitrogens with zero attached hydrogens (tertiary/aromatic N) is 1. The van der Waals surface area contributed by atoms with Crippen LogP contribution in [0.25, 0.3) is 0 Å². The van der Waals surface area contributed by atoms with E-state index in [1.165, 1.54) is 13.3 Å². The zero-order valence-electron chi connectivity index (χ0n) is 14.5. The van der Waals surface area contributed by atoms with Crippen LogP contribution in [0.5, 0.6) is 0 Å². The van der Waals surface area contributed by atoms with Crippen LogP contribution in [0, 0.1) is 0 Å². The number of benzene rings is 2. The third-order valence-corrected chi connectivity index (χ3v) is 3.67. The fourth-order valence-electron chi connectivity index (χ4n) is 2.31. The lowest BCUT2D eigenvalue weighted by molar-refractivity contribution is -0.0384. The Bertz CT molecular complexity index is 604. The first-order valence-corrected chi connectivity index (χ1v) is 8.31. The Balaban J connectivity index is 1.81. The molecule has 2 rings (SSSR count). The predicted octanol–water partition coefficient (Wildman–Crippen LogP) is 3.17. The number of ether oxygens (including phenoxy) is 2. The summed E-state index contributed by atoms with van der Waals surface area (Å²) in [5.41, 5.74) is 2.17. The number of hydrogen-bond acceptors (Lipinski definition) is 5. The fourth-order valence-corrected chi connectivity index (χ4v) is 2.31. The van der Waals surface area contributed by atoms with Crippen LogP contribution in [0.15, 0.2) is 65.8 Å². The number of rotatable bonds is 11. The topological polar surface area (TPSA) is 60.3 Å². The van der Waals surface area contributed by atoms with Crippen LogP contribution in [0.1, 0.15) is 17.5 Å². The van der Waals surface area contributed by atoms with Crippen LogP contribution >= 0.6 is 0 Å². The second-order valence-corrected chi connectivity index (χ2v) is 5.59. The van der Waals surface area contributed by atoms with Gasteiger partial charge < -0.3 is 19.4 Å². The first-order chi connectivity index (χ1) is 12.3. The second-order valence-electron chi connectivity index (χ2n) is 5.59. The van der Waals surface area contributed by atoms with Crippen molar-refractivity contribution in [2.24, 2.45) is 5.16 Å². The van der Waals surface area contributed by atoms with Crippen molar-refractivity contribution in [2.45, 2.75) is 31.8 Å². The molecule has 0 amide bonds. The Labute approximate surface area is 148 Å². The molecule has 134 valence electrons. The van der Waals surface area contributed by atoms with Crippen molar-refractivity contribution in [3.05, 3.63) is 71.8 Å². The summed E-state index contributed by atoms with van der Waals surface area (Å²) in [6.45, 7) is 1.43. The third kappa shape index (κ3) is 7.47. The highest BCUT2D eigenvalue weighted by atomic mass is 16.6. The summed E-state index contributed by atoms with van der Waals surface area (Å²) >= 11 is 0. The Kier molecular flexibility index (Phi) is 8.69. The molecule has 2 unspecified atom stereocenters. The van der Waals surface area contributed by atoms with Gasteiger partial charge in [0, 0.05) is 6.61 Å². The summed E-state index contributed by atoms with van der Waals surface area (Å²) in [5, 5.41) is 13.9. The van der Waals surface area contributed by atoms with E-state index in [1.807, 2.05) is 60.7 Å². The monoisotopic (exact) mass is 343 g/mol. The highest BCUT2D eigenvalue weighted by molar-refractivity contribution is 5.62. The zero-order chi connectivity index (χ0) is 17.7. The van der Waals surface area contributed by atoms with E-state index in [1.54, 1.807) is 0 Å². The van der Waals surface area contributed by atoms with Crippen molar-refractivity contribution in [1.29, 1.82) is 0 Å². The summed E-state index contributed by atoms with van der Waals surface area (Å²) < 4.78 is 11.6. The number of oxime groups is 1. The molecule has 5 nitrogen and oxygen atoms in total. The number of hydrogen-bond donors (Lipinski definition) is 1. The van der Waals surface area contributed by atoms with Gasteiger partial charge in [-0.15, -0.1) is 0 Å². The molecule has 5 heteroatoms. The Morgan fingerprint density at radius 1 is 0.960 bits per heavy atom. The van der Waals surface area contributed by atoms with E-state index in [-0.39, 0.29) is 0 Å². The second kappa shape index (κ2) is 11.4. The van der Waals surface area contributed by atoms with Gasteiger partial charge in [-0.1, -0.05) is 65.8 Å². The van der Waals surface area contributed by atoms with Crippen molar-refractivity contribution >= 4 is 6.21 Å². The van der Waals surface area contributed by atoms with Crippen LogP contribution in [0.3, 0.4) is 0 Å². The summed E-state index contributed by atoms with van der Waals surface area (Å²) in [6.07, 6.45) is 0.613. The minimum atomic E-state index is -0.857. The van der Waals surface area contributed by atoms with Crippen LogP contribution in [0.4, 0.5) is 0 Å². The summed E-state index contributed by atoms with van der Waals surface area (Å²) in [6, 6.07) is 19.8. The molecule has 0 radical (unpaired) electrons. The van der Waals surface area contributed by atoms with Gasteiger partial charge in [0.25, 0.3) is 0 Å². The lowest BCUT2D eigenvalue weighted by Gasteiger charge is -2.21. The molecule has 0 heterocycles. The lowest BCUT2D eigenvalue weighted by Crippen LogP contribution is -2.31. The van der Waals surface area contributed by atoms with Gasteiger partial charge in [0.05, 0.1) is 25.5 Å². The molecule has 0 aliphatic heterocycles. The quantitative estimate of drug-likeness (QED) is 0.387. The van der Waals surface area contributed by atoms with Crippen LogP contribution in [-0.2, 0) is 27.5 Å². The van der Waals surface area contributed by atoms with Crippen molar-refractivity contribution in [1.82, 2.24) is 0 Å². The molecule has 0 spiro atoms. The molecular weight excluding hydrogens is 318 g/mol. The highest BCUT2D eigenvalue weighted by Crippen LogP contribution is 2.10. The summed E-state index contributed by atoms with van der Waals surface area (Å²) in [5.74, 6) is 0. The smallest absolute Gasteiger partial charge is 0.119 e. The van der Waals surface area contributed by atoms with Gasteiger partial charge >= 0.3 is 0 Å². The number of aliphatic hydroxyl groups excluding tert-OH is 1. The highest BCUT2D eigenvalue weighted by Gasteiger charge is 2.18. The van der Waals surface area contributed by atoms with E-state index in [9.17, 15) is 5.11 Å². The standard InChI is InChI=1S/C20H25NO4/c1-23-21-14-19(22)20(25-16-18-10-6-3-7-11-18)12-13-24-15-17-8-4-2-5-9-17/h2-11,14,19-20,22H,12-13,15-16H2,1H3. The Morgan fingerprint density at radius 2 is 1.56 bits per heavy atom. The van der Waals surface area contributed by atoms with Gasteiger partial charge in [-0.05, 0) is 17.5 Å². The maximum absolute atomic E-state index is 10.2. The van der Waals surface area contributed by atoms with Crippen molar-refractivity contribution in [3.63, 3.8) is 0 Å². The molecular formula is C20H25NO4. The Morgan fingerprint density at radius 3 is 2.16 bits per heavy atom. The molecule has 2 aromatic rings. The van der Waals surface area contributed by atoms with E-state index in [4.69, 9.17) is 9.47 Å². The molecule has 25 heavy (non-hydrogen) atoms. The first-order valence-electron chi connectivity index (χ1n) is 8.31. The molecule has 0 bridgehead atoms. The van der Waals surface area contributed by atoms with E-state index in [2.05, 4.69) is 9.99 Å². The van der Waals surface area contributed by atoms with E-state index < -0.39 is 12.2 Å². The van der Waals surface area contributed by atoms with Crippen LogP contribution in [-0.4, -0.2) is 37.2 Å². The lowest BCUT2D eigenvalue weighted by atomic mass is 10.1. The van der Waals surface area contributed by atoms with Crippen molar-refractivity contribution in [3.8, 4) is 0 Å². The van der Waals surface area contributed by atoms with Crippen LogP contribution < -0.4 is 0 Å². The zero-order valence-corrected chi connectivity index (χ0v) is 14.5. The molecule has 2 aromatic carbocycles. The summed E-state index contributed by atoms with van der Waals surface area (Å²) in [4.78, 5) is 4.63. The SMILES string of the molecule is CON=CC(O)C(CCOCc1ccccc1)OCc1ccccc1. The van der Waals surface area contributed by atoms with Gasteiger partial charge in [-0.25, -0.2) is 0 Å². The van der Waals surface area contributed by atoms with Gasteiger partial charge in [0.1, 0.15) is 13.2 Å². The number of aliphatic hydroxyl groups is 1. The predicted molar refractivity (Wildman–Crippen MR) is 97.2 cm³/mol. The van der Waals surface area contributed by atoms with Crippen molar-refractivity contribution < 1.29 is 19.4 Å². The fraction of sp³-hybridized carbons (Fsp3) is 0.350. The van der Waals surface area contributed by atoms with E-state index in [0.29, 0.717) is 26.2 Å². The molecule has 0 saturated carbocycles. The van der Waals surface area contributed by atoms with Gasteiger partial charge in [-0.3, -0.25) is 0 Å². The molecule has 0 fully saturated rings. The molecule has 0 aliphatic carbocycles. The van der Waals surface area contributed by atoms with Gasteiger partial charge in [0.15, 0.2) is 0 Å². The minimum Gasteiger partial charge on any atom is -0.399 e. The van der Waals surface area contributed by atoms with Gasteiger partial charge in [0.2, 0.25) is 0 Å². The largest absolute Gasteiger partial charge is 0.399 e. The molecule has 1 N–H and O–H groups in total. The average Bonchev–Trinajstić information content (AvgIpc) is 2.67.